The Hall–Kier alpha value is -2.38. The predicted molar refractivity (Wildman–Crippen MR) is 105 cm³/mol. The molecule has 0 saturated heterocycles. The van der Waals surface area contributed by atoms with E-state index in [1.54, 1.807) is 12.4 Å². The molecule has 0 spiro atoms. The predicted octanol–water partition coefficient (Wildman–Crippen LogP) is 3.88. The topological polar surface area (TPSA) is 72.7 Å². The average molecular weight is 388 g/mol. The number of pyridine rings is 1. The molecule has 8 heteroatoms. The highest BCUT2D eigenvalue weighted by Crippen LogP contribution is 2.28. The van der Waals surface area contributed by atoms with Crippen LogP contribution in [-0.2, 0) is 11.8 Å². The molecule has 2 aromatic heterocycles. The Morgan fingerprint density at radius 2 is 2.12 bits per heavy atom. The second kappa shape index (κ2) is 7.88. The van der Waals surface area contributed by atoms with Gasteiger partial charge in [-0.05, 0) is 43.2 Å². The summed E-state index contributed by atoms with van der Waals surface area (Å²) in [7, 11) is 1.86. The summed E-state index contributed by atoms with van der Waals surface area (Å²) in [6.07, 6.45) is 3.44. The zero-order valence-corrected chi connectivity index (χ0v) is 16.2. The number of thioether (sulfide) groups is 1. The maximum absolute atomic E-state index is 12.3. The summed E-state index contributed by atoms with van der Waals surface area (Å²) in [5, 5.41) is 12.4. The van der Waals surface area contributed by atoms with Crippen molar-refractivity contribution in [1.82, 2.24) is 19.7 Å². The van der Waals surface area contributed by atoms with Crippen LogP contribution in [0.2, 0.25) is 5.02 Å². The Morgan fingerprint density at radius 1 is 1.31 bits per heavy atom. The fourth-order valence-corrected chi connectivity index (χ4v) is 3.65. The number of anilines is 1. The molecule has 2 heterocycles. The maximum Gasteiger partial charge on any atom is 0.234 e. The van der Waals surface area contributed by atoms with E-state index in [0.717, 1.165) is 16.7 Å². The van der Waals surface area contributed by atoms with Crippen LogP contribution in [0.3, 0.4) is 0 Å². The average Bonchev–Trinajstić information content (AvgIpc) is 2.98. The zero-order valence-electron chi connectivity index (χ0n) is 14.7. The van der Waals surface area contributed by atoms with Gasteiger partial charge in [-0.3, -0.25) is 9.78 Å². The van der Waals surface area contributed by atoms with E-state index in [4.69, 9.17) is 11.6 Å². The minimum Gasteiger partial charge on any atom is -0.324 e. The maximum atomic E-state index is 12.3. The van der Waals surface area contributed by atoms with Gasteiger partial charge in [-0.15, -0.1) is 10.2 Å². The first-order chi connectivity index (χ1) is 12.5. The number of hydrogen-bond donors (Lipinski definition) is 1. The second-order valence-electron chi connectivity index (χ2n) is 5.88. The van der Waals surface area contributed by atoms with Crippen LogP contribution < -0.4 is 5.32 Å². The SMILES string of the molecule is Cc1cc(C)c(NC(=O)CSc2nnc(-c3cccnc3)n2C)c(Cl)c1. The lowest BCUT2D eigenvalue weighted by atomic mass is 10.1. The van der Waals surface area contributed by atoms with Crippen LogP contribution in [0.15, 0.2) is 41.8 Å². The number of benzene rings is 1. The van der Waals surface area contributed by atoms with Gasteiger partial charge in [0.1, 0.15) is 0 Å². The summed E-state index contributed by atoms with van der Waals surface area (Å²) in [5.74, 6) is 0.774. The summed E-state index contributed by atoms with van der Waals surface area (Å²) in [4.78, 5) is 16.4. The summed E-state index contributed by atoms with van der Waals surface area (Å²) in [5.41, 5.74) is 3.52. The van der Waals surface area contributed by atoms with Crippen molar-refractivity contribution >= 4 is 35.0 Å². The van der Waals surface area contributed by atoms with E-state index >= 15 is 0 Å². The molecule has 0 unspecified atom stereocenters. The van der Waals surface area contributed by atoms with Crippen LogP contribution in [0.5, 0.6) is 0 Å². The minimum atomic E-state index is -0.144. The molecule has 3 aromatic rings. The number of carbonyl (C=O) groups is 1. The third-order valence-electron chi connectivity index (χ3n) is 3.78. The van der Waals surface area contributed by atoms with E-state index < -0.39 is 0 Å². The molecule has 0 aliphatic rings. The monoisotopic (exact) mass is 387 g/mol. The van der Waals surface area contributed by atoms with Gasteiger partial charge in [-0.1, -0.05) is 29.4 Å². The highest BCUT2D eigenvalue weighted by molar-refractivity contribution is 7.99. The smallest absolute Gasteiger partial charge is 0.234 e. The molecular formula is C18H18ClN5OS. The van der Waals surface area contributed by atoms with E-state index in [1.807, 2.05) is 49.7 Å². The second-order valence-corrected chi connectivity index (χ2v) is 7.23. The minimum absolute atomic E-state index is 0.144. The third kappa shape index (κ3) is 4.05. The van der Waals surface area contributed by atoms with Crippen molar-refractivity contribution in [2.45, 2.75) is 19.0 Å². The van der Waals surface area contributed by atoms with Crippen LogP contribution in [0.25, 0.3) is 11.4 Å². The Bertz CT molecular complexity index is 919. The van der Waals surface area contributed by atoms with Gasteiger partial charge in [0.05, 0.1) is 16.5 Å². The van der Waals surface area contributed by atoms with Gasteiger partial charge in [-0.25, -0.2) is 0 Å². The van der Waals surface area contributed by atoms with E-state index in [0.29, 0.717) is 21.7 Å². The Labute approximate surface area is 161 Å². The first kappa shape index (κ1) is 18.4. The number of aromatic nitrogens is 4. The first-order valence-corrected chi connectivity index (χ1v) is 9.31. The van der Waals surface area contributed by atoms with Gasteiger partial charge in [-0.2, -0.15) is 0 Å². The lowest BCUT2D eigenvalue weighted by molar-refractivity contribution is -0.113. The number of hydrogen-bond acceptors (Lipinski definition) is 5. The van der Waals surface area contributed by atoms with Gasteiger partial charge in [0, 0.05) is 25.0 Å². The van der Waals surface area contributed by atoms with Crippen molar-refractivity contribution in [3.8, 4) is 11.4 Å². The summed E-state index contributed by atoms with van der Waals surface area (Å²) in [6.45, 7) is 3.89. The van der Waals surface area contributed by atoms with Crippen molar-refractivity contribution < 1.29 is 4.79 Å². The zero-order chi connectivity index (χ0) is 18.7. The largest absolute Gasteiger partial charge is 0.324 e. The normalized spacial score (nSPS) is 10.8. The fourth-order valence-electron chi connectivity index (χ4n) is 2.57. The number of carbonyl (C=O) groups excluding carboxylic acids is 1. The van der Waals surface area contributed by atoms with Gasteiger partial charge in [0.25, 0.3) is 0 Å². The number of nitrogens with one attached hydrogen (secondary N) is 1. The first-order valence-electron chi connectivity index (χ1n) is 7.95. The Balaban J connectivity index is 1.67. The number of halogens is 1. The molecule has 134 valence electrons. The van der Waals surface area contributed by atoms with Crippen molar-refractivity contribution in [3.05, 3.63) is 52.8 Å². The third-order valence-corrected chi connectivity index (χ3v) is 5.10. The molecule has 1 amide bonds. The van der Waals surface area contributed by atoms with E-state index in [-0.39, 0.29) is 11.7 Å². The van der Waals surface area contributed by atoms with Crippen molar-refractivity contribution in [2.75, 3.05) is 11.1 Å². The van der Waals surface area contributed by atoms with Crippen LogP contribution in [0.1, 0.15) is 11.1 Å². The highest BCUT2D eigenvalue weighted by atomic mass is 35.5. The number of aryl methyl sites for hydroxylation is 2. The Kier molecular flexibility index (Phi) is 5.58. The van der Waals surface area contributed by atoms with Crippen molar-refractivity contribution in [2.24, 2.45) is 7.05 Å². The van der Waals surface area contributed by atoms with Gasteiger partial charge in [0.2, 0.25) is 5.91 Å². The highest BCUT2D eigenvalue weighted by Gasteiger charge is 2.14. The molecular weight excluding hydrogens is 370 g/mol. The molecule has 1 N–H and O–H groups in total. The van der Waals surface area contributed by atoms with Crippen LogP contribution in [0.4, 0.5) is 5.69 Å². The molecule has 3 rings (SSSR count). The van der Waals surface area contributed by atoms with E-state index in [9.17, 15) is 4.79 Å². The molecule has 0 bridgehead atoms. The van der Waals surface area contributed by atoms with E-state index in [1.165, 1.54) is 11.8 Å². The van der Waals surface area contributed by atoms with Crippen molar-refractivity contribution in [3.63, 3.8) is 0 Å². The van der Waals surface area contributed by atoms with E-state index in [2.05, 4.69) is 20.5 Å². The molecule has 0 aliphatic carbocycles. The fraction of sp³-hybridized carbons (Fsp3) is 0.222. The number of amides is 1. The molecule has 0 saturated carbocycles. The molecule has 0 radical (unpaired) electrons. The number of rotatable bonds is 5. The summed E-state index contributed by atoms with van der Waals surface area (Å²) in [6, 6.07) is 7.58. The van der Waals surface area contributed by atoms with Crippen molar-refractivity contribution in [1.29, 1.82) is 0 Å². The molecule has 0 aliphatic heterocycles. The molecule has 26 heavy (non-hydrogen) atoms. The van der Waals surface area contributed by atoms with Crippen LogP contribution in [0, 0.1) is 13.8 Å². The molecule has 0 fully saturated rings. The number of nitrogens with zero attached hydrogens (tertiary/aromatic N) is 4. The lowest BCUT2D eigenvalue weighted by Gasteiger charge is -2.11. The standard InChI is InChI=1S/C18H18ClN5OS/c1-11-7-12(2)16(14(19)8-11)21-15(25)10-26-18-23-22-17(24(18)3)13-5-4-6-20-9-13/h4-9H,10H2,1-3H3,(H,21,25). The molecule has 1 aromatic carbocycles. The van der Waals surface area contributed by atoms with Crippen LogP contribution >= 0.6 is 23.4 Å². The summed E-state index contributed by atoms with van der Waals surface area (Å²) < 4.78 is 1.85. The lowest BCUT2D eigenvalue weighted by Crippen LogP contribution is -2.15. The van der Waals surface area contributed by atoms with Gasteiger partial charge in [0.15, 0.2) is 11.0 Å². The quantitative estimate of drug-likeness (QED) is 0.672. The Morgan fingerprint density at radius 3 is 2.81 bits per heavy atom. The molecule has 6 nitrogen and oxygen atoms in total. The molecule has 0 atom stereocenters. The van der Waals surface area contributed by atoms with Gasteiger partial charge >= 0.3 is 0 Å². The van der Waals surface area contributed by atoms with Gasteiger partial charge < -0.3 is 9.88 Å². The van der Waals surface area contributed by atoms with Crippen LogP contribution in [-0.4, -0.2) is 31.4 Å². The summed E-state index contributed by atoms with van der Waals surface area (Å²) >= 11 is 7.56.